The fourth-order valence-electron chi connectivity index (χ4n) is 2.74. The first-order valence-electron chi connectivity index (χ1n) is 6.27. The molecule has 1 aliphatic heterocycles. The van der Waals surface area contributed by atoms with Gasteiger partial charge in [-0.15, -0.1) is 0 Å². The molecule has 0 radical (unpaired) electrons. The van der Waals surface area contributed by atoms with Crippen molar-refractivity contribution in [3.05, 3.63) is 29.8 Å². The Morgan fingerprint density at radius 1 is 1.35 bits per heavy atom. The van der Waals surface area contributed by atoms with Gasteiger partial charge in [0.2, 0.25) is 0 Å². The molecule has 0 aromatic heterocycles. The quantitative estimate of drug-likeness (QED) is 0.865. The maximum atomic E-state index is 5.90. The summed E-state index contributed by atoms with van der Waals surface area (Å²) in [5.74, 6) is 2.09. The second-order valence-electron chi connectivity index (χ2n) is 4.93. The Morgan fingerprint density at radius 3 is 2.65 bits per heavy atom. The smallest absolute Gasteiger partial charge is 0.118 e. The third-order valence-electron chi connectivity index (χ3n) is 3.78. The van der Waals surface area contributed by atoms with Gasteiger partial charge in [0.15, 0.2) is 0 Å². The summed E-state index contributed by atoms with van der Waals surface area (Å²) in [6.07, 6.45) is 1.20. The summed E-state index contributed by atoms with van der Waals surface area (Å²) < 4.78 is 5.19. The molecule has 2 rings (SSSR count). The van der Waals surface area contributed by atoms with E-state index in [-0.39, 0.29) is 0 Å². The van der Waals surface area contributed by atoms with Gasteiger partial charge in [-0.1, -0.05) is 12.1 Å². The zero-order valence-electron chi connectivity index (χ0n) is 10.7. The van der Waals surface area contributed by atoms with Crippen molar-refractivity contribution in [2.24, 2.45) is 11.7 Å². The molecule has 2 unspecified atom stereocenters. The average Bonchev–Trinajstić information content (AvgIpc) is 2.39. The van der Waals surface area contributed by atoms with Crippen LogP contribution in [0.25, 0.3) is 0 Å². The molecule has 3 nitrogen and oxygen atoms in total. The Balaban J connectivity index is 2.13. The van der Waals surface area contributed by atoms with Gasteiger partial charge in [-0.25, -0.2) is 0 Å². The Bertz CT molecular complexity index is 350. The molecule has 3 heteroatoms. The largest absolute Gasteiger partial charge is 0.497 e. The molecule has 1 fully saturated rings. The van der Waals surface area contributed by atoms with Gasteiger partial charge in [0, 0.05) is 6.54 Å². The molecule has 0 amide bonds. The highest BCUT2D eigenvalue weighted by molar-refractivity contribution is 5.30. The molecule has 1 aromatic rings. The minimum Gasteiger partial charge on any atom is -0.497 e. The first-order valence-corrected chi connectivity index (χ1v) is 6.27. The van der Waals surface area contributed by atoms with Crippen molar-refractivity contribution in [3.8, 4) is 5.75 Å². The van der Waals surface area contributed by atoms with Crippen molar-refractivity contribution in [1.82, 2.24) is 4.90 Å². The van der Waals surface area contributed by atoms with E-state index in [1.54, 1.807) is 7.11 Å². The number of nitrogens with zero attached hydrogens (tertiary/aromatic N) is 1. The average molecular weight is 234 g/mol. The molecule has 0 saturated carbocycles. The molecule has 1 aliphatic rings. The van der Waals surface area contributed by atoms with E-state index < -0.39 is 0 Å². The molecule has 1 heterocycles. The number of ether oxygens (including phenoxy) is 1. The summed E-state index contributed by atoms with van der Waals surface area (Å²) in [5.41, 5.74) is 7.30. The third-order valence-corrected chi connectivity index (χ3v) is 3.78. The van der Waals surface area contributed by atoms with Crippen LogP contribution in [0, 0.1) is 5.92 Å². The first-order chi connectivity index (χ1) is 8.24. The summed E-state index contributed by atoms with van der Waals surface area (Å²) in [5, 5.41) is 0. The van der Waals surface area contributed by atoms with E-state index >= 15 is 0 Å². The molecule has 1 saturated heterocycles. The highest BCUT2D eigenvalue weighted by atomic mass is 16.5. The SMILES string of the molecule is COc1ccc(C2CCN(C)CC2CN)cc1. The van der Waals surface area contributed by atoms with Crippen molar-refractivity contribution < 1.29 is 4.74 Å². The number of hydrogen-bond acceptors (Lipinski definition) is 3. The first kappa shape index (κ1) is 12.4. The van der Waals surface area contributed by atoms with E-state index in [4.69, 9.17) is 10.5 Å². The van der Waals surface area contributed by atoms with Gasteiger partial charge in [0.25, 0.3) is 0 Å². The predicted octanol–water partition coefficient (Wildman–Crippen LogP) is 1.69. The standard InChI is InChI=1S/C14H22N2O/c1-16-8-7-14(12(9-15)10-16)11-3-5-13(17-2)6-4-11/h3-6,12,14H,7-10,15H2,1-2H3. The van der Waals surface area contributed by atoms with Crippen molar-refractivity contribution in [2.75, 3.05) is 33.8 Å². The van der Waals surface area contributed by atoms with E-state index in [1.807, 2.05) is 12.1 Å². The monoisotopic (exact) mass is 234 g/mol. The van der Waals surface area contributed by atoms with E-state index in [9.17, 15) is 0 Å². The summed E-state index contributed by atoms with van der Waals surface area (Å²) in [7, 11) is 3.88. The van der Waals surface area contributed by atoms with Crippen molar-refractivity contribution in [1.29, 1.82) is 0 Å². The van der Waals surface area contributed by atoms with Crippen molar-refractivity contribution in [3.63, 3.8) is 0 Å². The Labute approximate surface area is 104 Å². The van der Waals surface area contributed by atoms with E-state index in [0.717, 1.165) is 25.4 Å². The highest BCUT2D eigenvalue weighted by Gasteiger charge is 2.27. The van der Waals surface area contributed by atoms with Crippen LogP contribution < -0.4 is 10.5 Å². The van der Waals surface area contributed by atoms with Crippen LogP contribution in [-0.4, -0.2) is 38.7 Å². The van der Waals surface area contributed by atoms with Crippen LogP contribution in [0.1, 0.15) is 17.9 Å². The third kappa shape index (κ3) is 2.79. The van der Waals surface area contributed by atoms with Crippen molar-refractivity contribution >= 4 is 0 Å². The molecular weight excluding hydrogens is 212 g/mol. The molecule has 2 N–H and O–H groups in total. The van der Waals surface area contributed by atoms with Crippen LogP contribution in [0.2, 0.25) is 0 Å². The minimum atomic E-state index is 0.571. The van der Waals surface area contributed by atoms with Crippen LogP contribution >= 0.6 is 0 Å². The topological polar surface area (TPSA) is 38.5 Å². The molecule has 17 heavy (non-hydrogen) atoms. The maximum absolute atomic E-state index is 5.90. The number of benzene rings is 1. The van der Waals surface area contributed by atoms with E-state index in [0.29, 0.717) is 11.8 Å². The molecule has 0 aliphatic carbocycles. The summed E-state index contributed by atoms with van der Waals surface area (Å²) in [6, 6.07) is 8.44. The number of methoxy groups -OCH3 is 1. The van der Waals surface area contributed by atoms with Gasteiger partial charge >= 0.3 is 0 Å². The van der Waals surface area contributed by atoms with Crippen LogP contribution in [-0.2, 0) is 0 Å². The number of hydrogen-bond donors (Lipinski definition) is 1. The lowest BCUT2D eigenvalue weighted by Gasteiger charge is -2.36. The predicted molar refractivity (Wildman–Crippen MR) is 70.4 cm³/mol. The Kier molecular flexibility index (Phi) is 4.02. The van der Waals surface area contributed by atoms with Gasteiger partial charge in [-0.2, -0.15) is 0 Å². The second-order valence-corrected chi connectivity index (χ2v) is 4.93. The fraction of sp³-hybridized carbons (Fsp3) is 0.571. The number of piperidine rings is 1. The van der Waals surface area contributed by atoms with Gasteiger partial charge < -0.3 is 15.4 Å². The molecule has 1 aromatic carbocycles. The van der Waals surface area contributed by atoms with Gasteiger partial charge in [-0.3, -0.25) is 0 Å². The van der Waals surface area contributed by atoms with E-state index in [2.05, 4.69) is 24.1 Å². The maximum Gasteiger partial charge on any atom is 0.118 e. The molecule has 0 spiro atoms. The lowest BCUT2D eigenvalue weighted by atomic mass is 9.80. The molecule has 0 bridgehead atoms. The van der Waals surface area contributed by atoms with Gasteiger partial charge in [-0.05, 0) is 56.1 Å². The van der Waals surface area contributed by atoms with Crippen LogP contribution in [0.5, 0.6) is 5.75 Å². The Morgan fingerprint density at radius 2 is 2.06 bits per heavy atom. The molecule has 94 valence electrons. The Hall–Kier alpha value is -1.06. The zero-order valence-corrected chi connectivity index (χ0v) is 10.7. The number of rotatable bonds is 3. The lowest BCUT2D eigenvalue weighted by Crippen LogP contribution is -2.40. The summed E-state index contributed by atoms with van der Waals surface area (Å²) >= 11 is 0. The second kappa shape index (κ2) is 5.52. The van der Waals surface area contributed by atoms with Crippen LogP contribution in [0.4, 0.5) is 0 Å². The van der Waals surface area contributed by atoms with Crippen LogP contribution in [0.15, 0.2) is 24.3 Å². The van der Waals surface area contributed by atoms with Crippen LogP contribution in [0.3, 0.4) is 0 Å². The number of likely N-dealkylation sites (tertiary alicyclic amines) is 1. The zero-order chi connectivity index (χ0) is 12.3. The van der Waals surface area contributed by atoms with E-state index in [1.165, 1.54) is 12.0 Å². The molecule has 2 atom stereocenters. The summed E-state index contributed by atoms with van der Waals surface area (Å²) in [4.78, 5) is 2.37. The lowest BCUT2D eigenvalue weighted by molar-refractivity contribution is 0.188. The van der Waals surface area contributed by atoms with Gasteiger partial charge in [0.05, 0.1) is 7.11 Å². The highest BCUT2D eigenvalue weighted by Crippen LogP contribution is 2.32. The molecular formula is C14H22N2O. The van der Waals surface area contributed by atoms with Crippen molar-refractivity contribution in [2.45, 2.75) is 12.3 Å². The summed E-state index contributed by atoms with van der Waals surface area (Å²) in [6.45, 7) is 3.03. The minimum absolute atomic E-state index is 0.571. The fourth-order valence-corrected chi connectivity index (χ4v) is 2.74. The normalized spacial score (nSPS) is 25.8. The van der Waals surface area contributed by atoms with Gasteiger partial charge in [0.1, 0.15) is 5.75 Å². The number of nitrogens with two attached hydrogens (primary N) is 1.